The van der Waals surface area contributed by atoms with E-state index in [0.29, 0.717) is 31.1 Å². The lowest BCUT2D eigenvalue weighted by Crippen LogP contribution is -2.58. The molecule has 1 aliphatic rings. The van der Waals surface area contributed by atoms with E-state index in [1.54, 1.807) is 6.08 Å². The Morgan fingerprint density at radius 3 is 2.09 bits per heavy atom. The van der Waals surface area contributed by atoms with Gasteiger partial charge in [0.05, 0.1) is 7.11 Å². The second kappa shape index (κ2) is 14.3. The number of ether oxygens (including phenoxy) is 1. The van der Waals surface area contributed by atoms with Crippen LogP contribution in [0.15, 0.2) is 11.6 Å². The number of thiol groups is 1. The van der Waals surface area contributed by atoms with Crippen LogP contribution in [0, 0.1) is 0 Å². The van der Waals surface area contributed by atoms with Crippen molar-refractivity contribution in [3.63, 3.8) is 0 Å². The Morgan fingerprint density at radius 2 is 1.61 bits per heavy atom. The van der Waals surface area contributed by atoms with Gasteiger partial charge in [0.15, 0.2) is 0 Å². The third-order valence-electron chi connectivity index (χ3n) is 5.00. The molecule has 0 spiro atoms. The van der Waals surface area contributed by atoms with Crippen LogP contribution in [-0.4, -0.2) is 72.9 Å². The minimum Gasteiger partial charge on any atom is -0.467 e. The Balaban J connectivity index is 2.74. The summed E-state index contributed by atoms with van der Waals surface area (Å²) in [6, 6.07) is -4.13. The second-order valence-electron chi connectivity index (χ2n) is 7.54. The lowest BCUT2D eigenvalue weighted by molar-refractivity contribution is -0.146. The Kier molecular flexibility index (Phi) is 12.2. The fourth-order valence-electron chi connectivity index (χ4n) is 2.90. The topological polar surface area (TPSA) is 160 Å². The largest absolute Gasteiger partial charge is 0.467 e. The van der Waals surface area contributed by atoms with Crippen molar-refractivity contribution in [3.05, 3.63) is 11.6 Å². The first-order valence-corrected chi connectivity index (χ1v) is 11.3. The highest BCUT2D eigenvalue weighted by Crippen LogP contribution is 2.17. The van der Waals surface area contributed by atoms with Crippen LogP contribution < -0.4 is 21.3 Å². The lowest BCUT2D eigenvalue weighted by Gasteiger charge is -2.25. The summed E-state index contributed by atoms with van der Waals surface area (Å²) < 4.78 is 4.55. The predicted octanol–water partition coefficient (Wildman–Crippen LogP) is -0.842. The van der Waals surface area contributed by atoms with E-state index < -0.39 is 47.9 Å². The van der Waals surface area contributed by atoms with Crippen molar-refractivity contribution >= 4 is 48.5 Å². The van der Waals surface area contributed by atoms with E-state index in [0.717, 1.165) is 13.5 Å². The number of hydrogen-bond acceptors (Lipinski definition) is 8. The van der Waals surface area contributed by atoms with Crippen molar-refractivity contribution in [1.29, 1.82) is 0 Å². The van der Waals surface area contributed by atoms with E-state index in [1.807, 2.05) is 6.92 Å². The smallest absolute Gasteiger partial charge is 0.328 e. The Labute approximate surface area is 198 Å². The molecule has 0 unspecified atom stereocenters. The van der Waals surface area contributed by atoms with Gasteiger partial charge in [-0.1, -0.05) is 19.4 Å². The number of aldehydes is 1. The number of hydrogen-bond donors (Lipinski definition) is 5. The molecule has 12 heteroatoms. The third-order valence-corrected chi connectivity index (χ3v) is 5.36. The van der Waals surface area contributed by atoms with Gasteiger partial charge in [-0.15, -0.1) is 0 Å². The van der Waals surface area contributed by atoms with E-state index in [9.17, 15) is 28.8 Å². The number of amides is 4. The van der Waals surface area contributed by atoms with E-state index >= 15 is 0 Å². The van der Waals surface area contributed by atoms with Gasteiger partial charge in [-0.05, 0) is 26.2 Å². The molecule has 0 radical (unpaired) electrons. The highest BCUT2D eigenvalue weighted by Gasteiger charge is 2.30. The molecule has 4 N–H and O–H groups in total. The molecule has 0 bridgehead atoms. The van der Waals surface area contributed by atoms with Crippen molar-refractivity contribution in [1.82, 2.24) is 21.3 Å². The van der Waals surface area contributed by atoms with Crippen molar-refractivity contribution in [2.75, 3.05) is 12.9 Å². The van der Waals surface area contributed by atoms with Crippen LogP contribution in [0.4, 0.5) is 0 Å². The van der Waals surface area contributed by atoms with E-state index in [2.05, 4.69) is 38.6 Å². The fraction of sp³-hybridized carbons (Fsp3) is 0.619. The summed E-state index contributed by atoms with van der Waals surface area (Å²) in [6.07, 6.45) is 4.31. The van der Waals surface area contributed by atoms with Crippen LogP contribution in [0.5, 0.6) is 0 Å². The molecule has 0 saturated carbocycles. The molecule has 1 aliphatic carbocycles. The molecule has 4 amide bonds. The van der Waals surface area contributed by atoms with E-state index in [1.165, 1.54) is 6.92 Å². The van der Waals surface area contributed by atoms with Gasteiger partial charge in [-0.3, -0.25) is 19.2 Å². The lowest BCUT2D eigenvalue weighted by atomic mass is 9.98. The molecule has 0 aliphatic heterocycles. The third kappa shape index (κ3) is 8.87. The van der Waals surface area contributed by atoms with E-state index in [-0.39, 0.29) is 18.1 Å². The SMILES string of the molecule is CCC[C@H](NC(=O)[C@H](C)NC(=O)C1=CCC1)C(=O)N[C@@H](CS)C(=O)N[C@@H](CC=O)C(=O)OC. The maximum absolute atomic E-state index is 12.8. The van der Waals surface area contributed by atoms with Gasteiger partial charge in [0.2, 0.25) is 23.6 Å². The highest BCUT2D eigenvalue weighted by atomic mass is 32.1. The van der Waals surface area contributed by atoms with Gasteiger partial charge in [-0.2, -0.15) is 12.6 Å². The summed E-state index contributed by atoms with van der Waals surface area (Å²) in [4.78, 5) is 72.3. The predicted molar refractivity (Wildman–Crippen MR) is 122 cm³/mol. The quantitative estimate of drug-likeness (QED) is 0.122. The number of rotatable bonds is 14. The van der Waals surface area contributed by atoms with Crippen LogP contribution in [0.2, 0.25) is 0 Å². The molecule has 0 heterocycles. The average Bonchev–Trinajstić information content (AvgIpc) is 2.74. The molecule has 0 saturated heterocycles. The molecular formula is C21H32N4O7S. The molecule has 0 aromatic heterocycles. The monoisotopic (exact) mass is 484 g/mol. The van der Waals surface area contributed by atoms with Crippen LogP contribution in [0.25, 0.3) is 0 Å². The van der Waals surface area contributed by atoms with Crippen LogP contribution in [0.3, 0.4) is 0 Å². The standard InChI is InChI=1S/C21H32N4O7S/c1-4-6-14(23-17(27)12(2)22-18(28)13-7-5-8-13)19(29)25-16(11-33)20(30)24-15(9-10-26)21(31)32-3/h7,10,12,14-16,33H,4-6,8-9,11H2,1-3H3,(H,22,28)(H,23,27)(H,24,30)(H,25,29)/t12-,14-,15-,16-/m0/s1. The molecule has 0 aromatic carbocycles. The molecule has 0 aromatic rings. The molecule has 33 heavy (non-hydrogen) atoms. The molecule has 1 rings (SSSR count). The maximum atomic E-state index is 12.8. The first-order chi connectivity index (χ1) is 15.7. The van der Waals surface area contributed by atoms with Gasteiger partial charge >= 0.3 is 5.97 Å². The highest BCUT2D eigenvalue weighted by molar-refractivity contribution is 7.80. The summed E-state index contributed by atoms with van der Waals surface area (Å²) in [6.45, 7) is 3.33. The summed E-state index contributed by atoms with van der Waals surface area (Å²) in [5.41, 5.74) is 0.625. The molecular weight excluding hydrogens is 452 g/mol. The minimum atomic E-state index is -1.19. The van der Waals surface area contributed by atoms with Crippen LogP contribution >= 0.6 is 12.6 Å². The first-order valence-electron chi connectivity index (χ1n) is 10.7. The number of nitrogens with one attached hydrogen (secondary N) is 4. The second-order valence-corrected chi connectivity index (χ2v) is 7.91. The number of methoxy groups -OCH3 is 1. The van der Waals surface area contributed by atoms with E-state index in [4.69, 9.17) is 0 Å². The van der Waals surface area contributed by atoms with Gasteiger partial charge in [-0.25, -0.2) is 4.79 Å². The normalized spacial score (nSPS) is 15.9. The zero-order valence-electron chi connectivity index (χ0n) is 19.0. The molecule has 184 valence electrons. The van der Waals surface area contributed by atoms with Crippen molar-refractivity contribution < 1.29 is 33.5 Å². The van der Waals surface area contributed by atoms with Gasteiger partial charge in [0.1, 0.15) is 30.5 Å². The average molecular weight is 485 g/mol. The number of allylic oxidation sites excluding steroid dienone is 1. The Morgan fingerprint density at radius 1 is 1.03 bits per heavy atom. The Hall–Kier alpha value is -2.89. The summed E-state index contributed by atoms with van der Waals surface area (Å²) in [7, 11) is 1.12. The number of esters is 1. The van der Waals surface area contributed by atoms with Crippen molar-refractivity contribution in [2.24, 2.45) is 0 Å². The zero-order chi connectivity index (χ0) is 25.0. The Bertz CT molecular complexity index is 787. The summed E-state index contributed by atoms with van der Waals surface area (Å²) in [5, 5.41) is 10.0. The summed E-state index contributed by atoms with van der Waals surface area (Å²) in [5.74, 6) is -3.11. The maximum Gasteiger partial charge on any atom is 0.328 e. The van der Waals surface area contributed by atoms with Crippen LogP contribution in [0.1, 0.15) is 46.0 Å². The first kappa shape index (κ1) is 28.1. The van der Waals surface area contributed by atoms with Gasteiger partial charge in [0.25, 0.3) is 0 Å². The molecule has 11 nitrogen and oxygen atoms in total. The minimum absolute atomic E-state index is 0.0963. The van der Waals surface area contributed by atoms with Gasteiger partial charge < -0.3 is 30.8 Å². The van der Waals surface area contributed by atoms with Gasteiger partial charge in [0, 0.05) is 17.7 Å². The molecule has 4 atom stereocenters. The number of carbonyl (C=O) groups is 6. The van der Waals surface area contributed by atoms with Crippen molar-refractivity contribution in [3.8, 4) is 0 Å². The summed E-state index contributed by atoms with van der Waals surface area (Å²) >= 11 is 4.07. The molecule has 0 fully saturated rings. The number of carbonyl (C=O) groups excluding carboxylic acids is 6. The van der Waals surface area contributed by atoms with Crippen LogP contribution in [-0.2, 0) is 33.5 Å². The zero-order valence-corrected chi connectivity index (χ0v) is 19.9. The fourth-order valence-corrected chi connectivity index (χ4v) is 3.15. The van der Waals surface area contributed by atoms with Crippen molar-refractivity contribution in [2.45, 2.75) is 70.1 Å².